The van der Waals surface area contributed by atoms with Crippen molar-refractivity contribution in [3.63, 3.8) is 0 Å². The zero-order valence-corrected chi connectivity index (χ0v) is 12.9. The summed E-state index contributed by atoms with van der Waals surface area (Å²) in [5.41, 5.74) is 1.34. The first-order valence-electron chi connectivity index (χ1n) is 6.57. The van der Waals surface area contributed by atoms with Crippen LogP contribution in [0, 0.1) is 0 Å². The number of H-pyrrole nitrogens is 1. The topological polar surface area (TPSA) is 70.7 Å². The normalized spacial score (nSPS) is 11.0. The van der Waals surface area contributed by atoms with E-state index < -0.39 is 0 Å². The maximum absolute atomic E-state index is 12.2. The fourth-order valence-electron chi connectivity index (χ4n) is 2.01. The number of rotatable bonds is 4. The molecule has 0 aliphatic carbocycles. The highest BCUT2D eigenvalue weighted by Crippen LogP contribution is 2.21. The molecule has 108 valence electrons. The lowest BCUT2D eigenvalue weighted by Gasteiger charge is -1.97. The first-order chi connectivity index (χ1) is 10.2. The summed E-state index contributed by atoms with van der Waals surface area (Å²) in [6, 6.07) is 7.21. The minimum absolute atomic E-state index is 0.235. The van der Waals surface area contributed by atoms with Crippen molar-refractivity contribution in [1.29, 1.82) is 0 Å². The number of anilines is 1. The van der Waals surface area contributed by atoms with E-state index in [0.717, 1.165) is 28.8 Å². The number of aryl methyl sites for hydroxylation is 1. The van der Waals surface area contributed by atoms with Crippen molar-refractivity contribution in [2.24, 2.45) is 0 Å². The van der Waals surface area contributed by atoms with Crippen LogP contribution in [0.5, 0.6) is 0 Å². The summed E-state index contributed by atoms with van der Waals surface area (Å²) in [5, 5.41) is 13.7. The molecule has 0 radical (unpaired) electrons. The molecule has 0 bridgehead atoms. The van der Waals surface area contributed by atoms with E-state index in [2.05, 4.69) is 27.4 Å². The monoisotopic (exact) mass is 320 g/mol. The van der Waals surface area contributed by atoms with Crippen LogP contribution < -0.4 is 5.32 Å². The minimum Gasteiger partial charge on any atom is -0.351 e. The van der Waals surface area contributed by atoms with Crippen LogP contribution in [0.15, 0.2) is 24.3 Å². The summed E-state index contributed by atoms with van der Waals surface area (Å²) >= 11 is 7.34. The number of nitrogens with zero attached hydrogens (tertiary/aromatic N) is 2. The number of carbonyl (C=O) groups excluding carboxylic acids is 1. The van der Waals surface area contributed by atoms with Gasteiger partial charge in [0.2, 0.25) is 5.13 Å². The molecule has 2 N–H and O–H groups in total. The number of aromatic nitrogens is 3. The van der Waals surface area contributed by atoms with Crippen molar-refractivity contribution in [2.75, 3.05) is 5.32 Å². The number of fused-ring (bicyclic) bond motifs is 1. The standard InChI is InChI=1S/C14H13ClN4OS/c1-2-3-12-18-19-14(21-12)17-13(20)11-7-8-6-9(15)4-5-10(8)16-11/h4-7,16H,2-3H2,1H3,(H,17,19,20). The third kappa shape index (κ3) is 3.06. The number of halogens is 1. The molecule has 3 aromatic rings. The first kappa shape index (κ1) is 14.0. The molecule has 7 heteroatoms. The molecule has 0 fully saturated rings. The maximum Gasteiger partial charge on any atom is 0.273 e. The van der Waals surface area contributed by atoms with Gasteiger partial charge in [0.05, 0.1) is 0 Å². The largest absolute Gasteiger partial charge is 0.351 e. The molecule has 2 heterocycles. The number of nitrogens with one attached hydrogen (secondary N) is 2. The zero-order valence-electron chi connectivity index (χ0n) is 11.3. The number of aromatic amines is 1. The number of carbonyl (C=O) groups is 1. The molecule has 0 aliphatic rings. The molecule has 1 amide bonds. The molecule has 0 atom stereocenters. The summed E-state index contributed by atoms with van der Waals surface area (Å²) in [5.74, 6) is -0.235. The van der Waals surface area contributed by atoms with Crippen LogP contribution in [0.1, 0.15) is 28.8 Å². The lowest BCUT2D eigenvalue weighted by Crippen LogP contribution is -2.11. The molecule has 5 nitrogen and oxygen atoms in total. The second-order valence-corrected chi connectivity index (χ2v) is 6.12. The molecule has 1 aromatic carbocycles. The van der Waals surface area contributed by atoms with Crippen molar-refractivity contribution in [3.8, 4) is 0 Å². The lowest BCUT2D eigenvalue weighted by atomic mass is 10.2. The molecule has 0 saturated carbocycles. The van der Waals surface area contributed by atoms with Crippen molar-refractivity contribution < 1.29 is 4.79 Å². The Morgan fingerprint density at radius 1 is 1.38 bits per heavy atom. The van der Waals surface area contributed by atoms with E-state index in [1.165, 1.54) is 11.3 Å². The Morgan fingerprint density at radius 3 is 3.05 bits per heavy atom. The Labute approximate surface area is 130 Å². The molecule has 0 saturated heterocycles. The van der Waals surface area contributed by atoms with Gasteiger partial charge in [0, 0.05) is 22.3 Å². The summed E-state index contributed by atoms with van der Waals surface area (Å²) in [7, 11) is 0. The van der Waals surface area contributed by atoms with Crippen LogP contribution in [0.25, 0.3) is 10.9 Å². The third-order valence-electron chi connectivity index (χ3n) is 2.98. The van der Waals surface area contributed by atoms with Crippen molar-refractivity contribution in [1.82, 2.24) is 15.2 Å². The molecule has 3 rings (SSSR count). The van der Waals surface area contributed by atoms with Crippen molar-refractivity contribution >= 4 is 44.9 Å². The Kier molecular flexibility index (Phi) is 3.90. The van der Waals surface area contributed by atoms with E-state index >= 15 is 0 Å². The number of hydrogen-bond donors (Lipinski definition) is 2. The van der Waals surface area contributed by atoms with Gasteiger partial charge in [0.25, 0.3) is 5.91 Å². The fourth-order valence-corrected chi connectivity index (χ4v) is 3.03. The van der Waals surface area contributed by atoms with Crippen LogP contribution >= 0.6 is 22.9 Å². The van der Waals surface area contributed by atoms with Crippen LogP contribution in [0.4, 0.5) is 5.13 Å². The van der Waals surface area contributed by atoms with Gasteiger partial charge in [0.15, 0.2) is 0 Å². The molecule has 2 aromatic heterocycles. The highest BCUT2D eigenvalue weighted by molar-refractivity contribution is 7.15. The molecule has 0 spiro atoms. The average Bonchev–Trinajstić information content (AvgIpc) is 3.05. The quantitative estimate of drug-likeness (QED) is 0.766. The van der Waals surface area contributed by atoms with Gasteiger partial charge in [-0.1, -0.05) is 29.9 Å². The highest BCUT2D eigenvalue weighted by Gasteiger charge is 2.12. The minimum atomic E-state index is -0.235. The molecular weight excluding hydrogens is 308 g/mol. The highest BCUT2D eigenvalue weighted by atomic mass is 35.5. The summed E-state index contributed by atoms with van der Waals surface area (Å²) in [6.07, 6.45) is 1.88. The Bertz CT molecular complexity index is 795. The zero-order chi connectivity index (χ0) is 14.8. The van der Waals surface area contributed by atoms with Crippen LogP contribution in [-0.2, 0) is 6.42 Å². The van der Waals surface area contributed by atoms with Gasteiger partial charge in [0.1, 0.15) is 10.7 Å². The van der Waals surface area contributed by atoms with Gasteiger partial charge in [-0.05, 0) is 30.7 Å². The van der Waals surface area contributed by atoms with Gasteiger partial charge in [-0.3, -0.25) is 10.1 Å². The molecule has 0 unspecified atom stereocenters. The predicted molar refractivity (Wildman–Crippen MR) is 85.2 cm³/mol. The van der Waals surface area contributed by atoms with E-state index in [4.69, 9.17) is 11.6 Å². The second-order valence-electron chi connectivity index (χ2n) is 4.62. The number of amides is 1. The summed E-state index contributed by atoms with van der Waals surface area (Å²) in [6.45, 7) is 2.08. The van der Waals surface area contributed by atoms with E-state index in [-0.39, 0.29) is 5.91 Å². The lowest BCUT2D eigenvalue weighted by molar-refractivity contribution is 0.102. The average molecular weight is 321 g/mol. The third-order valence-corrected chi connectivity index (χ3v) is 4.11. The van der Waals surface area contributed by atoms with E-state index in [1.54, 1.807) is 12.1 Å². The molecule has 21 heavy (non-hydrogen) atoms. The molecule has 0 aliphatic heterocycles. The predicted octanol–water partition coefficient (Wildman–Crippen LogP) is 3.88. The van der Waals surface area contributed by atoms with Gasteiger partial charge < -0.3 is 4.98 Å². The second kappa shape index (κ2) is 5.83. The number of benzene rings is 1. The van der Waals surface area contributed by atoms with Gasteiger partial charge in [-0.15, -0.1) is 10.2 Å². The maximum atomic E-state index is 12.2. The Morgan fingerprint density at radius 2 is 2.24 bits per heavy atom. The van der Waals surface area contributed by atoms with E-state index in [0.29, 0.717) is 15.8 Å². The van der Waals surface area contributed by atoms with E-state index in [9.17, 15) is 4.79 Å². The van der Waals surface area contributed by atoms with Crippen LogP contribution in [0.3, 0.4) is 0 Å². The van der Waals surface area contributed by atoms with Crippen molar-refractivity contribution in [2.45, 2.75) is 19.8 Å². The van der Waals surface area contributed by atoms with Gasteiger partial charge in [-0.25, -0.2) is 0 Å². The van der Waals surface area contributed by atoms with E-state index in [1.807, 2.05) is 12.1 Å². The molecular formula is C14H13ClN4OS. The summed E-state index contributed by atoms with van der Waals surface area (Å²) < 4.78 is 0. The van der Waals surface area contributed by atoms with Gasteiger partial charge >= 0.3 is 0 Å². The number of hydrogen-bond acceptors (Lipinski definition) is 4. The smallest absolute Gasteiger partial charge is 0.273 e. The van der Waals surface area contributed by atoms with Crippen molar-refractivity contribution in [3.05, 3.63) is 40.0 Å². The van der Waals surface area contributed by atoms with Gasteiger partial charge in [-0.2, -0.15) is 0 Å². The van der Waals surface area contributed by atoms with Crippen LogP contribution in [-0.4, -0.2) is 21.1 Å². The first-order valence-corrected chi connectivity index (χ1v) is 7.77. The Balaban J connectivity index is 1.79. The SMILES string of the molecule is CCCc1nnc(NC(=O)c2cc3cc(Cl)ccc3[nH]2)s1. The van der Waals surface area contributed by atoms with Crippen LogP contribution in [0.2, 0.25) is 5.02 Å². The summed E-state index contributed by atoms with van der Waals surface area (Å²) in [4.78, 5) is 15.3. The fraction of sp³-hybridized carbons (Fsp3) is 0.214. The Hall–Kier alpha value is -1.92.